The summed E-state index contributed by atoms with van der Waals surface area (Å²) in [7, 11) is 1.90. The largest absolute Gasteiger partial charge is 0.340 e. The molecular formula is C23H34N6O. The van der Waals surface area contributed by atoms with Gasteiger partial charge in [-0.2, -0.15) is 5.10 Å². The van der Waals surface area contributed by atoms with E-state index in [0.29, 0.717) is 12.6 Å². The summed E-state index contributed by atoms with van der Waals surface area (Å²) in [5.41, 5.74) is 3.25. The van der Waals surface area contributed by atoms with Crippen molar-refractivity contribution in [1.29, 1.82) is 0 Å². The zero-order valence-electron chi connectivity index (χ0n) is 18.3. The highest BCUT2D eigenvalue weighted by Crippen LogP contribution is 2.25. The Hall–Kier alpha value is -2.25. The maximum absolute atomic E-state index is 13.0. The molecular weight excluding hydrogens is 376 g/mol. The second-order valence-corrected chi connectivity index (χ2v) is 8.94. The number of amides is 1. The number of hydrogen-bond acceptors (Lipinski definition) is 5. The van der Waals surface area contributed by atoms with Gasteiger partial charge in [0, 0.05) is 44.3 Å². The lowest BCUT2D eigenvalue weighted by Crippen LogP contribution is -2.50. The highest BCUT2D eigenvalue weighted by molar-refractivity contribution is 5.78. The standard InChI is InChI=1S/C23H34N6O/c1-18-13-21(26-25-18)17-27(2)23(30)20-6-4-10-29(16-20)22-7-11-28(12-8-22)15-19-5-3-9-24-14-19/h3,5,9,13-14,20,22H,4,6-8,10-12,15-17H2,1-2H3,(H,25,26). The van der Waals surface area contributed by atoms with Crippen LogP contribution in [-0.2, 0) is 17.9 Å². The van der Waals surface area contributed by atoms with E-state index in [-0.39, 0.29) is 11.8 Å². The second kappa shape index (κ2) is 9.71. The minimum atomic E-state index is 0.109. The van der Waals surface area contributed by atoms with Gasteiger partial charge in [0.05, 0.1) is 18.2 Å². The van der Waals surface area contributed by atoms with Crippen LogP contribution in [0.2, 0.25) is 0 Å². The average Bonchev–Trinajstić information content (AvgIpc) is 3.19. The molecule has 7 nitrogen and oxygen atoms in total. The highest BCUT2D eigenvalue weighted by atomic mass is 16.2. The number of aryl methyl sites for hydroxylation is 1. The quantitative estimate of drug-likeness (QED) is 0.792. The molecule has 2 aromatic rings. The summed E-state index contributed by atoms with van der Waals surface area (Å²) in [5, 5.41) is 7.23. The number of carbonyl (C=O) groups excluding carboxylic acids is 1. The zero-order chi connectivity index (χ0) is 20.9. The highest BCUT2D eigenvalue weighted by Gasteiger charge is 2.32. The van der Waals surface area contributed by atoms with Crippen molar-refractivity contribution in [2.24, 2.45) is 5.92 Å². The number of nitrogens with zero attached hydrogens (tertiary/aromatic N) is 5. The molecule has 7 heteroatoms. The smallest absolute Gasteiger partial charge is 0.227 e. The molecule has 1 N–H and O–H groups in total. The van der Waals surface area contributed by atoms with Gasteiger partial charge in [0.15, 0.2) is 0 Å². The van der Waals surface area contributed by atoms with E-state index in [0.717, 1.165) is 57.0 Å². The second-order valence-electron chi connectivity index (χ2n) is 8.94. The van der Waals surface area contributed by atoms with Crippen LogP contribution >= 0.6 is 0 Å². The van der Waals surface area contributed by atoms with Gasteiger partial charge in [-0.15, -0.1) is 0 Å². The SMILES string of the molecule is Cc1cc(CN(C)C(=O)C2CCCN(C3CCN(Cc4cccnc4)CC3)C2)n[nH]1. The summed E-state index contributed by atoms with van der Waals surface area (Å²) in [6, 6.07) is 6.78. The number of aromatic amines is 1. The van der Waals surface area contributed by atoms with Crippen LogP contribution in [0.25, 0.3) is 0 Å². The van der Waals surface area contributed by atoms with E-state index in [1.54, 1.807) is 0 Å². The normalized spacial score (nSPS) is 21.6. The van der Waals surface area contributed by atoms with Gasteiger partial charge in [-0.05, 0) is 69.9 Å². The van der Waals surface area contributed by atoms with Crippen LogP contribution < -0.4 is 0 Å². The molecule has 1 unspecified atom stereocenters. The lowest BCUT2D eigenvalue weighted by atomic mass is 9.93. The molecule has 2 aromatic heterocycles. The first kappa shape index (κ1) is 21.0. The molecule has 1 atom stereocenters. The first-order valence-electron chi connectivity index (χ1n) is 11.2. The Kier molecular flexibility index (Phi) is 6.79. The van der Waals surface area contributed by atoms with Gasteiger partial charge in [-0.1, -0.05) is 6.07 Å². The first-order chi connectivity index (χ1) is 14.6. The first-order valence-corrected chi connectivity index (χ1v) is 11.2. The maximum Gasteiger partial charge on any atom is 0.227 e. The summed E-state index contributed by atoms with van der Waals surface area (Å²) in [6.07, 6.45) is 8.28. The van der Waals surface area contributed by atoms with Crippen molar-refractivity contribution in [2.45, 2.75) is 51.7 Å². The lowest BCUT2D eigenvalue weighted by Gasteiger charge is -2.42. The van der Waals surface area contributed by atoms with Gasteiger partial charge in [0.25, 0.3) is 0 Å². The van der Waals surface area contributed by atoms with E-state index < -0.39 is 0 Å². The fraction of sp³-hybridized carbons (Fsp3) is 0.609. The molecule has 4 rings (SSSR count). The Morgan fingerprint density at radius 2 is 2.10 bits per heavy atom. The zero-order valence-corrected chi connectivity index (χ0v) is 18.3. The Balaban J connectivity index is 1.26. The van der Waals surface area contributed by atoms with Gasteiger partial charge in [0.2, 0.25) is 5.91 Å². The molecule has 0 spiro atoms. The molecule has 2 fully saturated rings. The Morgan fingerprint density at radius 3 is 2.80 bits per heavy atom. The van der Waals surface area contributed by atoms with E-state index in [1.165, 1.54) is 18.4 Å². The Labute approximate surface area is 179 Å². The number of hydrogen-bond donors (Lipinski definition) is 1. The summed E-state index contributed by atoms with van der Waals surface area (Å²) in [5.74, 6) is 0.367. The van der Waals surface area contributed by atoms with E-state index in [9.17, 15) is 4.79 Å². The number of aromatic nitrogens is 3. The van der Waals surface area contributed by atoms with E-state index >= 15 is 0 Å². The van der Waals surface area contributed by atoms with E-state index in [4.69, 9.17) is 0 Å². The fourth-order valence-electron chi connectivity index (χ4n) is 4.92. The van der Waals surface area contributed by atoms with Crippen LogP contribution in [0.1, 0.15) is 42.6 Å². The molecule has 1 amide bonds. The predicted molar refractivity (Wildman–Crippen MR) is 117 cm³/mol. The molecule has 0 saturated carbocycles. The van der Waals surface area contributed by atoms with Gasteiger partial charge in [-0.25, -0.2) is 0 Å². The number of piperidine rings is 2. The predicted octanol–water partition coefficient (Wildman–Crippen LogP) is 2.45. The van der Waals surface area contributed by atoms with Crippen molar-refractivity contribution >= 4 is 5.91 Å². The van der Waals surface area contributed by atoms with Gasteiger partial charge in [-0.3, -0.25) is 24.7 Å². The van der Waals surface area contributed by atoms with Crippen molar-refractivity contribution in [3.63, 3.8) is 0 Å². The molecule has 0 aliphatic carbocycles. The summed E-state index contributed by atoms with van der Waals surface area (Å²) in [4.78, 5) is 24.2. The van der Waals surface area contributed by atoms with E-state index in [1.807, 2.05) is 43.4 Å². The molecule has 2 aliphatic heterocycles. The Morgan fingerprint density at radius 1 is 1.27 bits per heavy atom. The number of likely N-dealkylation sites (tertiary alicyclic amines) is 2. The molecule has 2 aliphatic rings. The molecule has 162 valence electrons. The summed E-state index contributed by atoms with van der Waals surface area (Å²) >= 11 is 0. The van der Waals surface area contributed by atoms with Crippen molar-refractivity contribution in [2.75, 3.05) is 33.2 Å². The number of H-pyrrole nitrogens is 1. The van der Waals surface area contributed by atoms with Crippen LogP contribution in [0.3, 0.4) is 0 Å². The van der Waals surface area contributed by atoms with Crippen LogP contribution in [-0.4, -0.2) is 75.1 Å². The van der Waals surface area contributed by atoms with Crippen LogP contribution in [0.4, 0.5) is 0 Å². The molecule has 30 heavy (non-hydrogen) atoms. The third kappa shape index (κ3) is 5.26. The monoisotopic (exact) mass is 410 g/mol. The molecule has 0 bridgehead atoms. The van der Waals surface area contributed by atoms with Crippen LogP contribution in [0.15, 0.2) is 30.6 Å². The molecule has 0 aromatic carbocycles. The minimum Gasteiger partial charge on any atom is -0.340 e. The summed E-state index contributed by atoms with van der Waals surface area (Å²) in [6.45, 7) is 7.81. The third-order valence-corrected chi connectivity index (χ3v) is 6.54. The molecule has 0 radical (unpaired) electrons. The van der Waals surface area contributed by atoms with Crippen molar-refractivity contribution < 1.29 is 4.79 Å². The summed E-state index contributed by atoms with van der Waals surface area (Å²) < 4.78 is 0. The van der Waals surface area contributed by atoms with E-state index in [2.05, 4.69) is 31.0 Å². The molecule has 2 saturated heterocycles. The number of pyridine rings is 1. The number of rotatable bonds is 6. The number of carbonyl (C=O) groups is 1. The lowest BCUT2D eigenvalue weighted by molar-refractivity contribution is -0.137. The van der Waals surface area contributed by atoms with Gasteiger partial charge < -0.3 is 4.90 Å². The number of nitrogens with one attached hydrogen (secondary N) is 1. The molecule has 4 heterocycles. The van der Waals surface area contributed by atoms with Crippen molar-refractivity contribution in [3.05, 3.63) is 47.5 Å². The van der Waals surface area contributed by atoms with Gasteiger partial charge in [0.1, 0.15) is 0 Å². The van der Waals surface area contributed by atoms with Crippen molar-refractivity contribution in [1.82, 2.24) is 29.9 Å². The average molecular weight is 411 g/mol. The Bertz CT molecular complexity index is 814. The van der Waals surface area contributed by atoms with Crippen molar-refractivity contribution in [3.8, 4) is 0 Å². The van der Waals surface area contributed by atoms with Gasteiger partial charge >= 0.3 is 0 Å². The maximum atomic E-state index is 13.0. The van der Waals surface area contributed by atoms with Crippen LogP contribution in [0, 0.1) is 12.8 Å². The fourth-order valence-corrected chi connectivity index (χ4v) is 4.92. The topological polar surface area (TPSA) is 68.4 Å². The van der Waals surface area contributed by atoms with Crippen LogP contribution in [0.5, 0.6) is 0 Å². The third-order valence-electron chi connectivity index (χ3n) is 6.54. The minimum absolute atomic E-state index is 0.109.